The van der Waals surface area contributed by atoms with E-state index in [0.717, 1.165) is 5.69 Å². The number of benzene rings is 2. The van der Waals surface area contributed by atoms with Gasteiger partial charge in [-0.1, -0.05) is 36.4 Å². The summed E-state index contributed by atoms with van der Waals surface area (Å²) in [5, 5.41) is 12.2. The summed E-state index contributed by atoms with van der Waals surface area (Å²) in [6, 6.07) is 21.7. The van der Waals surface area contributed by atoms with Crippen molar-refractivity contribution in [3.8, 4) is 17.6 Å². The average Bonchev–Trinajstić information content (AvgIpc) is 2.77. The van der Waals surface area contributed by atoms with Gasteiger partial charge in [0.1, 0.15) is 29.7 Å². The number of aromatic nitrogens is 1. The Hall–Kier alpha value is -4.11. The van der Waals surface area contributed by atoms with Crippen molar-refractivity contribution < 1.29 is 14.3 Å². The summed E-state index contributed by atoms with van der Waals surface area (Å²) in [6.45, 7) is 0.279. The Morgan fingerprint density at radius 3 is 2.52 bits per heavy atom. The van der Waals surface area contributed by atoms with Crippen LogP contribution in [0.3, 0.4) is 0 Å². The minimum atomic E-state index is -0.531. The highest BCUT2D eigenvalue weighted by Gasteiger charge is 2.13. The Morgan fingerprint density at radius 1 is 1.07 bits per heavy atom. The predicted molar refractivity (Wildman–Crippen MR) is 110 cm³/mol. The van der Waals surface area contributed by atoms with E-state index in [1.54, 1.807) is 42.6 Å². The Morgan fingerprint density at radius 2 is 1.79 bits per heavy atom. The first-order chi connectivity index (χ1) is 14.2. The van der Waals surface area contributed by atoms with Crippen LogP contribution < -0.4 is 14.8 Å². The van der Waals surface area contributed by atoms with E-state index < -0.39 is 5.91 Å². The van der Waals surface area contributed by atoms with E-state index in [0.29, 0.717) is 22.7 Å². The third-order valence-electron chi connectivity index (χ3n) is 4.04. The lowest BCUT2D eigenvalue weighted by Gasteiger charge is -2.11. The third-order valence-corrected chi connectivity index (χ3v) is 4.04. The van der Waals surface area contributed by atoms with Crippen LogP contribution >= 0.6 is 0 Å². The summed E-state index contributed by atoms with van der Waals surface area (Å²) < 4.78 is 11.1. The van der Waals surface area contributed by atoms with Gasteiger partial charge in [0.2, 0.25) is 0 Å². The molecule has 29 heavy (non-hydrogen) atoms. The molecule has 0 aliphatic carbocycles. The van der Waals surface area contributed by atoms with E-state index in [1.165, 1.54) is 13.2 Å². The number of nitrogens with one attached hydrogen (secondary N) is 1. The number of pyridine rings is 1. The quantitative estimate of drug-likeness (QED) is 0.486. The average molecular weight is 385 g/mol. The number of nitrogens with zero attached hydrogens (tertiary/aromatic N) is 2. The zero-order chi connectivity index (χ0) is 20.5. The number of rotatable bonds is 7. The van der Waals surface area contributed by atoms with Crippen LogP contribution in [-0.4, -0.2) is 18.0 Å². The molecule has 3 aromatic rings. The molecule has 0 aliphatic heterocycles. The maximum absolute atomic E-state index is 12.6. The molecule has 0 radical (unpaired) electrons. The normalized spacial score (nSPS) is 10.7. The molecule has 0 saturated carbocycles. The lowest BCUT2D eigenvalue weighted by molar-refractivity contribution is -0.112. The van der Waals surface area contributed by atoms with Gasteiger partial charge in [0, 0.05) is 11.8 Å². The molecule has 1 heterocycles. The molecule has 3 rings (SSSR count). The van der Waals surface area contributed by atoms with Crippen LogP contribution in [0.2, 0.25) is 0 Å². The summed E-state index contributed by atoms with van der Waals surface area (Å²) >= 11 is 0. The standard InChI is InChI=1S/C23H19N3O3/c1-28-22-12-5-3-10-20(22)26-23(27)18(15-24)14-17-8-2-4-11-21(17)29-16-19-9-6-7-13-25-19/h2-14H,16H2,1H3,(H,26,27)/b18-14+. The van der Waals surface area contributed by atoms with Crippen molar-refractivity contribution in [3.05, 3.63) is 89.8 Å². The largest absolute Gasteiger partial charge is 0.495 e. The first-order valence-corrected chi connectivity index (χ1v) is 8.89. The first kappa shape index (κ1) is 19.6. The molecule has 0 bridgehead atoms. The van der Waals surface area contributed by atoms with Crippen LogP contribution in [0.15, 0.2) is 78.5 Å². The van der Waals surface area contributed by atoms with Gasteiger partial charge in [0.25, 0.3) is 5.91 Å². The Kier molecular flexibility index (Phi) is 6.58. The monoisotopic (exact) mass is 385 g/mol. The number of hydrogen-bond acceptors (Lipinski definition) is 5. The fraction of sp³-hybridized carbons (Fsp3) is 0.0870. The summed E-state index contributed by atoms with van der Waals surface area (Å²) in [7, 11) is 1.52. The van der Waals surface area contributed by atoms with Gasteiger partial charge in [-0.2, -0.15) is 5.26 Å². The topological polar surface area (TPSA) is 84.2 Å². The summed E-state index contributed by atoms with van der Waals surface area (Å²) in [4.78, 5) is 16.8. The molecule has 0 saturated heterocycles. The zero-order valence-electron chi connectivity index (χ0n) is 15.8. The number of nitriles is 1. The van der Waals surface area contributed by atoms with Crippen molar-refractivity contribution in [1.29, 1.82) is 5.26 Å². The van der Waals surface area contributed by atoms with Gasteiger partial charge in [-0.25, -0.2) is 0 Å². The van der Waals surface area contributed by atoms with Crippen LogP contribution in [-0.2, 0) is 11.4 Å². The number of carbonyl (C=O) groups excluding carboxylic acids is 1. The van der Waals surface area contributed by atoms with Gasteiger partial charge in [-0.15, -0.1) is 0 Å². The molecule has 6 heteroatoms. The fourth-order valence-electron chi connectivity index (χ4n) is 2.61. The van der Waals surface area contributed by atoms with Crippen LogP contribution in [0.5, 0.6) is 11.5 Å². The molecule has 2 aromatic carbocycles. The van der Waals surface area contributed by atoms with Crippen molar-refractivity contribution in [2.24, 2.45) is 0 Å². The van der Waals surface area contributed by atoms with Gasteiger partial charge in [0.15, 0.2) is 0 Å². The van der Waals surface area contributed by atoms with Crippen molar-refractivity contribution in [1.82, 2.24) is 4.98 Å². The van der Waals surface area contributed by atoms with Gasteiger partial charge in [0.05, 0.1) is 18.5 Å². The number of ether oxygens (including phenoxy) is 2. The highest BCUT2D eigenvalue weighted by molar-refractivity contribution is 6.10. The first-order valence-electron chi connectivity index (χ1n) is 8.89. The fourth-order valence-corrected chi connectivity index (χ4v) is 2.61. The number of para-hydroxylation sites is 3. The van der Waals surface area contributed by atoms with Gasteiger partial charge < -0.3 is 14.8 Å². The molecule has 6 nitrogen and oxygen atoms in total. The van der Waals surface area contributed by atoms with Gasteiger partial charge >= 0.3 is 0 Å². The minimum Gasteiger partial charge on any atom is -0.495 e. The number of hydrogen-bond donors (Lipinski definition) is 1. The minimum absolute atomic E-state index is 0.0511. The Bertz CT molecular complexity index is 1060. The van der Waals surface area contributed by atoms with E-state index in [4.69, 9.17) is 9.47 Å². The van der Waals surface area contributed by atoms with E-state index in [2.05, 4.69) is 10.3 Å². The maximum atomic E-state index is 12.6. The summed E-state index contributed by atoms with van der Waals surface area (Å²) in [5.74, 6) is 0.532. The van der Waals surface area contributed by atoms with Gasteiger partial charge in [-0.3, -0.25) is 9.78 Å². The molecule has 1 amide bonds. The molecule has 0 unspecified atom stereocenters. The van der Waals surface area contributed by atoms with E-state index in [1.807, 2.05) is 36.4 Å². The Balaban J connectivity index is 1.80. The van der Waals surface area contributed by atoms with E-state index in [-0.39, 0.29) is 12.2 Å². The van der Waals surface area contributed by atoms with Crippen molar-refractivity contribution in [3.63, 3.8) is 0 Å². The lowest BCUT2D eigenvalue weighted by Crippen LogP contribution is -2.14. The van der Waals surface area contributed by atoms with Crippen LogP contribution in [0.4, 0.5) is 5.69 Å². The zero-order valence-corrected chi connectivity index (χ0v) is 15.8. The van der Waals surface area contributed by atoms with Crippen LogP contribution in [0.1, 0.15) is 11.3 Å². The van der Waals surface area contributed by atoms with Crippen LogP contribution in [0.25, 0.3) is 6.08 Å². The molecule has 0 fully saturated rings. The number of carbonyl (C=O) groups is 1. The molecular formula is C23H19N3O3. The third kappa shape index (κ3) is 5.21. The number of amides is 1. The second kappa shape index (κ2) is 9.72. The van der Waals surface area contributed by atoms with Gasteiger partial charge in [-0.05, 0) is 36.4 Å². The molecular weight excluding hydrogens is 366 g/mol. The molecule has 0 spiro atoms. The number of anilines is 1. The summed E-state index contributed by atoms with van der Waals surface area (Å²) in [6.07, 6.45) is 3.19. The smallest absolute Gasteiger partial charge is 0.266 e. The molecule has 144 valence electrons. The Labute approximate surface area is 169 Å². The second-order valence-electron chi connectivity index (χ2n) is 5.97. The lowest BCUT2D eigenvalue weighted by atomic mass is 10.1. The molecule has 1 aromatic heterocycles. The van der Waals surface area contributed by atoms with Crippen molar-refractivity contribution >= 4 is 17.7 Å². The highest BCUT2D eigenvalue weighted by atomic mass is 16.5. The van der Waals surface area contributed by atoms with E-state index in [9.17, 15) is 10.1 Å². The maximum Gasteiger partial charge on any atom is 0.266 e. The molecule has 1 N–H and O–H groups in total. The highest BCUT2D eigenvalue weighted by Crippen LogP contribution is 2.25. The van der Waals surface area contributed by atoms with Crippen molar-refractivity contribution in [2.75, 3.05) is 12.4 Å². The van der Waals surface area contributed by atoms with Crippen molar-refractivity contribution in [2.45, 2.75) is 6.61 Å². The second-order valence-corrected chi connectivity index (χ2v) is 5.97. The number of methoxy groups -OCH3 is 1. The van der Waals surface area contributed by atoms with Crippen LogP contribution in [0, 0.1) is 11.3 Å². The molecule has 0 atom stereocenters. The molecule has 0 aliphatic rings. The SMILES string of the molecule is COc1ccccc1NC(=O)/C(C#N)=C/c1ccccc1OCc1ccccn1. The summed E-state index contributed by atoms with van der Waals surface area (Å²) in [5.41, 5.74) is 1.83. The predicted octanol–water partition coefficient (Wildman–Crippen LogP) is 4.21. The van der Waals surface area contributed by atoms with E-state index >= 15 is 0 Å².